The second-order valence-electron chi connectivity index (χ2n) is 10.9. The van der Waals surface area contributed by atoms with Crippen molar-refractivity contribution in [2.24, 2.45) is 17.3 Å². The van der Waals surface area contributed by atoms with Crippen molar-refractivity contribution in [3.8, 4) is 0 Å². The van der Waals surface area contributed by atoms with Gasteiger partial charge in [0, 0.05) is 42.7 Å². The molecule has 5 rings (SSSR count). The van der Waals surface area contributed by atoms with Gasteiger partial charge in [0.05, 0.1) is 17.0 Å². The van der Waals surface area contributed by atoms with Crippen molar-refractivity contribution in [2.45, 2.75) is 64.1 Å². The van der Waals surface area contributed by atoms with E-state index in [9.17, 15) is 21.6 Å². The molecule has 1 aromatic heterocycles. The summed E-state index contributed by atoms with van der Waals surface area (Å²) in [5.41, 5.74) is 0.857. The van der Waals surface area contributed by atoms with Crippen molar-refractivity contribution in [3.63, 3.8) is 0 Å². The number of rotatable bonds is 1. The second kappa shape index (κ2) is 6.11. The van der Waals surface area contributed by atoms with Crippen molar-refractivity contribution in [1.82, 2.24) is 9.78 Å². The van der Waals surface area contributed by atoms with Gasteiger partial charge >= 0.3 is 6.18 Å². The summed E-state index contributed by atoms with van der Waals surface area (Å²) in [6.07, 6.45) is -0.680. The lowest BCUT2D eigenvalue weighted by atomic mass is 9.81. The molecule has 2 saturated heterocycles. The van der Waals surface area contributed by atoms with E-state index < -0.39 is 27.2 Å². The third-order valence-corrected chi connectivity index (χ3v) is 9.71. The smallest absolute Gasteiger partial charge is 0.263 e. The zero-order valence-electron chi connectivity index (χ0n) is 17.7. The number of sulfone groups is 1. The molecule has 5 nitrogen and oxygen atoms in total. The van der Waals surface area contributed by atoms with Gasteiger partial charge in [-0.15, -0.1) is 0 Å². The maximum Gasteiger partial charge on any atom is 0.435 e. The Morgan fingerprint density at radius 2 is 1.67 bits per heavy atom. The Labute approximate surface area is 175 Å². The van der Waals surface area contributed by atoms with Crippen LogP contribution in [0.4, 0.5) is 13.2 Å². The van der Waals surface area contributed by atoms with E-state index in [1.807, 2.05) is 20.8 Å². The molecule has 2 aliphatic heterocycles. The van der Waals surface area contributed by atoms with Crippen molar-refractivity contribution in [2.75, 3.05) is 24.6 Å². The number of fused-ring (bicyclic) bond motifs is 1. The quantitative estimate of drug-likeness (QED) is 0.624. The minimum absolute atomic E-state index is 0.00710. The SMILES string of the molecule is CC(C)(C)n1nc(C(F)(F)F)cc1C1[C@H]2CC(=[N+]3CCC4(CC3)CS(=O)(=O)C4)C[C@@H]12. The first-order valence-corrected chi connectivity index (χ1v) is 12.6. The molecule has 4 fully saturated rings. The molecule has 0 radical (unpaired) electrons. The van der Waals surface area contributed by atoms with E-state index in [1.165, 1.54) is 11.8 Å². The molecule has 0 N–H and O–H groups in total. The molecule has 1 spiro atoms. The zero-order chi connectivity index (χ0) is 21.7. The molecule has 0 aromatic carbocycles. The average molecular weight is 445 g/mol. The number of aromatic nitrogens is 2. The van der Waals surface area contributed by atoms with E-state index in [1.54, 1.807) is 4.68 Å². The lowest BCUT2D eigenvalue weighted by Crippen LogP contribution is -2.53. The van der Waals surface area contributed by atoms with Gasteiger partial charge in [0.1, 0.15) is 13.1 Å². The van der Waals surface area contributed by atoms with Crippen LogP contribution in [-0.4, -0.2) is 53.1 Å². The highest BCUT2D eigenvalue weighted by Gasteiger charge is 2.60. The topological polar surface area (TPSA) is 55.0 Å². The number of halogens is 3. The van der Waals surface area contributed by atoms with Crippen molar-refractivity contribution < 1.29 is 26.2 Å². The number of hydrogen-bond acceptors (Lipinski definition) is 3. The predicted molar refractivity (Wildman–Crippen MR) is 107 cm³/mol. The van der Waals surface area contributed by atoms with Crippen LogP contribution in [0.5, 0.6) is 0 Å². The fraction of sp³-hybridized carbons (Fsp3) is 0.810. The van der Waals surface area contributed by atoms with E-state index in [0.717, 1.165) is 44.5 Å². The Balaban J connectivity index is 1.30. The third kappa shape index (κ3) is 3.31. The van der Waals surface area contributed by atoms with E-state index in [2.05, 4.69) is 9.67 Å². The molecule has 9 heteroatoms. The van der Waals surface area contributed by atoms with Crippen molar-refractivity contribution in [3.05, 3.63) is 17.5 Å². The van der Waals surface area contributed by atoms with Gasteiger partial charge in [0.2, 0.25) is 0 Å². The van der Waals surface area contributed by atoms with Gasteiger partial charge in [-0.1, -0.05) is 0 Å². The van der Waals surface area contributed by atoms with E-state index in [0.29, 0.717) is 23.3 Å². The second-order valence-corrected chi connectivity index (χ2v) is 12.9. The molecular formula is C21H29F3N3O2S+. The molecule has 30 heavy (non-hydrogen) atoms. The summed E-state index contributed by atoms with van der Waals surface area (Å²) < 4.78 is 67.0. The fourth-order valence-corrected chi connectivity index (χ4v) is 8.47. The van der Waals surface area contributed by atoms with Gasteiger partial charge in [0.25, 0.3) is 0 Å². The molecule has 1 aromatic rings. The molecule has 4 aliphatic rings. The zero-order valence-corrected chi connectivity index (χ0v) is 18.5. The molecule has 0 amide bonds. The van der Waals surface area contributed by atoms with Crippen LogP contribution >= 0.6 is 0 Å². The van der Waals surface area contributed by atoms with E-state index >= 15 is 0 Å². The van der Waals surface area contributed by atoms with E-state index in [-0.39, 0.29) is 11.3 Å². The number of hydrogen-bond donors (Lipinski definition) is 0. The molecule has 3 atom stereocenters. The minimum atomic E-state index is -4.43. The Morgan fingerprint density at radius 3 is 2.13 bits per heavy atom. The molecular weight excluding hydrogens is 415 g/mol. The van der Waals surface area contributed by atoms with Crippen LogP contribution in [0, 0.1) is 17.3 Å². The van der Waals surface area contributed by atoms with Gasteiger partial charge in [-0.3, -0.25) is 4.68 Å². The Hall–Kier alpha value is -1.38. The predicted octanol–water partition coefficient (Wildman–Crippen LogP) is 3.44. The van der Waals surface area contributed by atoms with Gasteiger partial charge < -0.3 is 0 Å². The number of piperidine rings is 1. The van der Waals surface area contributed by atoms with Crippen molar-refractivity contribution in [1.29, 1.82) is 0 Å². The maximum absolute atomic E-state index is 13.3. The van der Waals surface area contributed by atoms with Gasteiger partial charge in [-0.05, 0) is 38.7 Å². The lowest BCUT2D eigenvalue weighted by molar-refractivity contribution is -0.546. The molecule has 1 unspecified atom stereocenters. The highest BCUT2D eigenvalue weighted by atomic mass is 32.2. The van der Waals surface area contributed by atoms with Gasteiger partial charge in [-0.25, -0.2) is 13.0 Å². The molecule has 0 bridgehead atoms. The Morgan fingerprint density at radius 1 is 1.10 bits per heavy atom. The van der Waals surface area contributed by atoms with Crippen molar-refractivity contribution >= 4 is 15.5 Å². The summed E-state index contributed by atoms with van der Waals surface area (Å²) in [5, 5.41) is 3.92. The highest BCUT2D eigenvalue weighted by Crippen LogP contribution is 2.63. The van der Waals surface area contributed by atoms with Crippen LogP contribution in [-0.2, 0) is 21.6 Å². The summed E-state index contributed by atoms with van der Waals surface area (Å²) >= 11 is 0. The monoisotopic (exact) mass is 444 g/mol. The first-order chi connectivity index (χ1) is 13.8. The van der Waals surface area contributed by atoms with Gasteiger partial charge in [-0.2, -0.15) is 18.3 Å². The Kier molecular flexibility index (Phi) is 4.18. The number of alkyl halides is 3. The van der Waals surface area contributed by atoms with Crippen LogP contribution in [0.25, 0.3) is 0 Å². The summed E-state index contributed by atoms with van der Waals surface area (Å²) in [6, 6.07) is 1.26. The van der Waals surface area contributed by atoms with Crippen LogP contribution in [0.3, 0.4) is 0 Å². The summed E-state index contributed by atoms with van der Waals surface area (Å²) in [6.45, 7) is 7.50. The first kappa shape index (κ1) is 20.5. The van der Waals surface area contributed by atoms with Crippen LogP contribution < -0.4 is 0 Å². The first-order valence-electron chi connectivity index (χ1n) is 10.8. The molecule has 3 heterocycles. The summed E-state index contributed by atoms with van der Waals surface area (Å²) in [7, 11) is -2.80. The summed E-state index contributed by atoms with van der Waals surface area (Å²) in [4.78, 5) is 0. The average Bonchev–Trinajstić information content (AvgIpc) is 2.98. The third-order valence-electron chi connectivity index (χ3n) is 7.60. The number of nitrogens with zero attached hydrogens (tertiary/aromatic N) is 3. The standard InChI is InChI=1S/C21H29F3N3O2S/c1-19(2,3)27-16(10-17(25-27)21(22,23)24)18-14-8-13(9-15(14)18)26-6-4-20(5-7-26)11-30(28,29)12-20/h10,14-15,18H,4-9,11-12H2,1-3H3/q+1/t14-,15+,18?. The summed E-state index contributed by atoms with van der Waals surface area (Å²) in [5.74, 6) is 1.64. The maximum atomic E-state index is 13.3. The molecule has 2 aliphatic carbocycles. The minimum Gasteiger partial charge on any atom is -0.263 e. The normalized spacial score (nSPS) is 32.3. The van der Waals surface area contributed by atoms with Crippen LogP contribution in [0.15, 0.2) is 6.07 Å². The van der Waals surface area contributed by atoms with E-state index in [4.69, 9.17) is 0 Å². The van der Waals surface area contributed by atoms with Crippen LogP contribution in [0.2, 0.25) is 0 Å². The largest absolute Gasteiger partial charge is 0.435 e. The lowest BCUT2D eigenvalue weighted by Gasteiger charge is -2.42. The highest BCUT2D eigenvalue weighted by molar-refractivity contribution is 7.92. The van der Waals surface area contributed by atoms with Crippen LogP contribution in [0.1, 0.15) is 63.8 Å². The fourth-order valence-electron chi connectivity index (χ4n) is 6.11. The molecule has 2 saturated carbocycles. The molecule has 166 valence electrons. The van der Waals surface area contributed by atoms with Gasteiger partial charge in [0.15, 0.2) is 21.2 Å². The Bertz CT molecular complexity index is 995.